The Morgan fingerprint density at radius 2 is 2.09 bits per heavy atom. The molecule has 11 heavy (non-hydrogen) atoms. The zero-order valence-electron chi connectivity index (χ0n) is 6.81. The summed E-state index contributed by atoms with van der Waals surface area (Å²) >= 11 is 3.48. The molecule has 0 amide bonds. The highest BCUT2D eigenvalue weighted by atomic mass is 79.9. The lowest BCUT2D eigenvalue weighted by molar-refractivity contribution is 0.110. The van der Waals surface area contributed by atoms with E-state index in [0.29, 0.717) is 11.5 Å². The van der Waals surface area contributed by atoms with Crippen LogP contribution in [-0.4, -0.2) is 18.0 Å². The van der Waals surface area contributed by atoms with Gasteiger partial charge in [-0.2, -0.15) is 0 Å². The summed E-state index contributed by atoms with van der Waals surface area (Å²) in [7, 11) is 0. The third-order valence-electron chi connectivity index (χ3n) is 3.12. The van der Waals surface area contributed by atoms with Gasteiger partial charge in [0.2, 0.25) is 0 Å². The third kappa shape index (κ3) is 1.48. The first-order chi connectivity index (χ1) is 5.35. The highest BCUT2D eigenvalue weighted by Crippen LogP contribution is 2.46. The van der Waals surface area contributed by atoms with E-state index in [1.165, 1.54) is 32.1 Å². The van der Waals surface area contributed by atoms with Gasteiger partial charge in [0.05, 0.1) is 12.7 Å². The van der Waals surface area contributed by atoms with E-state index in [1.54, 1.807) is 0 Å². The van der Waals surface area contributed by atoms with Gasteiger partial charge in [-0.1, -0.05) is 28.8 Å². The first-order valence-corrected chi connectivity index (χ1v) is 5.64. The molecule has 1 aliphatic heterocycles. The van der Waals surface area contributed by atoms with E-state index < -0.39 is 0 Å². The highest BCUT2D eigenvalue weighted by Gasteiger charge is 2.41. The molecule has 2 rings (SSSR count). The first kappa shape index (κ1) is 8.06. The van der Waals surface area contributed by atoms with Gasteiger partial charge in [-0.3, -0.25) is 0 Å². The van der Waals surface area contributed by atoms with Crippen LogP contribution in [0, 0.1) is 5.41 Å². The van der Waals surface area contributed by atoms with E-state index in [2.05, 4.69) is 15.9 Å². The van der Waals surface area contributed by atoms with E-state index in [0.717, 1.165) is 11.9 Å². The second kappa shape index (κ2) is 3.06. The van der Waals surface area contributed by atoms with Crippen molar-refractivity contribution in [3.63, 3.8) is 0 Å². The lowest BCUT2D eigenvalue weighted by atomic mass is 9.84. The van der Waals surface area contributed by atoms with Crippen molar-refractivity contribution in [1.29, 1.82) is 0 Å². The van der Waals surface area contributed by atoms with Crippen LogP contribution in [0.2, 0.25) is 0 Å². The predicted molar refractivity (Wildman–Crippen MR) is 49.1 cm³/mol. The van der Waals surface area contributed by atoms with Gasteiger partial charge in [0, 0.05) is 5.33 Å². The molecular formula is C9H15BrO. The number of rotatable bonds is 1. The number of ether oxygens (including phenoxy) is 1. The number of alkyl halides is 1. The van der Waals surface area contributed by atoms with Crippen LogP contribution in [-0.2, 0) is 4.74 Å². The van der Waals surface area contributed by atoms with Gasteiger partial charge in [-0.25, -0.2) is 0 Å². The molecule has 0 aromatic heterocycles. The number of hydrogen-bond acceptors (Lipinski definition) is 1. The predicted octanol–water partition coefficient (Wildman–Crippen LogP) is 2.73. The van der Waals surface area contributed by atoms with E-state index in [9.17, 15) is 0 Å². The minimum Gasteiger partial charge on any atom is -0.377 e. The van der Waals surface area contributed by atoms with Crippen LogP contribution in [0.15, 0.2) is 0 Å². The summed E-state index contributed by atoms with van der Waals surface area (Å²) in [5.41, 5.74) is 0.610. The molecule has 2 heteroatoms. The minimum atomic E-state index is 0.507. The monoisotopic (exact) mass is 218 g/mol. The van der Waals surface area contributed by atoms with Crippen LogP contribution in [0.25, 0.3) is 0 Å². The Morgan fingerprint density at radius 1 is 1.36 bits per heavy atom. The van der Waals surface area contributed by atoms with Gasteiger partial charge in [-0.15, -0.1) is 0 Å². The Bertz CT molecular complexity index is 140. The molecule has 0 bridgehead atoms. The molecule has 1 saturated carbocycles. The maximum absolute atomic E-state index is 5.69. The van der Waals surface area contributed by atoms with Crippen LogP contribution in [0.1, 0.15) is 32.1 Å². The summed E-state index contributed by atoms with van der Waals surface area (Å²) in [6, 6.07) is 0. The average Bonchev–Trinajstić information content (AvgIpc) is 2.62. The van der Waals surface area contributed by atoms with Gasteiger partial charge >= 0.3 is 0 Å². The van der Waals surface area contributed by atoms with Gasteiger partial charge in [-0.05, 0) is 24.7 Å². The molecule has 1 spiro atoms. The Hall–Kier alpha value is 0.440. The normalized spacial score (nSPS) is 35.2. The van der Waals surface area contributed by atoms with Crippen LogP contribution in [0.4, 0.5) is 0 Å². The van der Waals surface area contributed by atoms with Crippen molar-refractivity contribution in [3.8, 4) is 0 Å². The largest absolute Gasteiger partial charge is 0.377 e. The second-order valence-corrected chi connectivity index (χ2v) is 4.65. The molecule has 0 N–H and O–H groups in total. The summed E-state index contributed by atoms with van der Waals surface area (Å²) in [5.74, 6) is 0. The molecule has 0 radical (unpaired) electrons. The fourth-order valence-electron chi connectivity index (χ4n) is 2.47. The first-order valence-electron chi connectivity index (χ1n) is 4.52. The topological polar surface area (TPSA) is 9.23 Å². The van der Waals surface area contributed by atoms with Gasteiger partial charge in [0.1, 0.15) is 0 Å². The van der Waals surface area contributed by atoms with E-state index >= 15 is 0 Å². The second-order valence-electron chi connectivity index (χ2n) is 4.00. The van der Waals surface area contributed by atoms with Crippen molar-refractivity contribution < 1.29 is 4.74 Å². The van der Waals surface area contributed by atoms with Crippen molar-refractivity contribution in [3.05, 3.63) is 0 Å². The molecule has 0 unspecified atom stereocenters. The van der Waals surface area contributed by atoms with Crippen molar-refractivity contribution in [1.82, 2.24) is 0 Å². The fraction of sp³-hybridized carbons (Fsp3) is 1.00. The van der Waals surface area contributed by atoms with Crippen LogP contribution >= 0.6 is 15.9 Å². The Balaban J connectivity index is 1.96. The molecular weight excluding hydrogens is 204 g/mol. The van der Waals surface area contributed by atoms with Crippen molar-refractivity contribution in [2.24, 2.45) is 5.41 Å². The van der Waals surface area contributed by atoms with Gasteiger partial charge in [0.15, 0.2) is 0 Å². The lowest BCUT2D eigenvalue weighted by Crippen LogP contribution is -2.16. The standard InChI is InChI=1S/C9H15BrO/c10-6-8-5-9(7-11-8)3-1-2-4-9/h8H,1-7H2/t8-/m1/s1. The maximum atomic E-state index is 5.69. The Kier molecular flexibility index (Phi) is 2.24. The van der Waals surface area contributed by atoms with Crippen LogP contribution in [0.5, 0.6) is 0 Å². The Labute approximate surface area is 76.6 Å². The number of halogens is 1. The number of hydrogen-bond donors (Lipinski definition) is 0. The Morgan fingerprint density at radius 3 is 2.64 bits per heavy atom. The average molecular weight is 219 g/mol. The maximum Gasteiger partial charge on any atom is 0.0678 e. The third-order valence-corrected chi connectivity index (χ3v) is 3.84. The SMILES string of the molecule is BrC[C@H]1CC2(CCCC2)CO1. The van der Waals surface area contributed by atoms with Gasteiger partial charge < -0.3 is 4.74 Å². The molecule has 0 aromatic carbocycles. The summed E-state index contributed by atoms with van der Waals surface area (Å²) in [6.45, 7) is 1.03. The molecule has 1 nitrogen and oxygen atoms in total. The van der Waals surface area contributed by atoms with E-state index in [4.69, 9.17) is 4.74 Å². The molecule has 1 heterocycles. The molecule has 2 fully saturated rings. The fourth-order valence-corrected chi connectivity index (χ4v) is 2.88. The van der Waals surface area contributed by atoms with Crippen molar-refractivity contribution in [2.45, 2.75) is 38.2 Å². The van der Waals surface area contributed by atoms with E-state index in [-0.39, 0.29) is 0 Å². The van der Waals surface area contributed by atoms with Crippen LogP contribution < -0.4 is 0 Å². The smallest absolute Gasteiger partial charge is 0.0678 e. The van der Waals surface area contributed by atoms with Crippen LogP contribution in [0.3, 0.4) is 0 Å². The zero-order valence-corrected chi connectivity index (χ0v) is 8.40. The summed E-state index contributed by atoms with van der Waals surface area (Å²) in [5, 5.41) is 1.02. The van der Waals surface area contributed by atoms with Crippen molar-refractivity contribution in [2.75, 3.05) is 11.9 Å². The molecule has 64 valence electrons. The van der Waals surface area contributed by atoms with E-state index in [1.807, 2.05) is 0 Å². The summed E-state index contributed by atoms with van der Waals surface area (Å²) in [6.07, 6.45) is 7.50. The van der Waals surface area contributed by atoms with Crippen molar-refractivity contribution >= 4 is 15.9 Å². The summed E-state index contributed by atoms with van der Waals surface area (Å²) in [4.78, 5) is 0. The zero-order chi connectivity index (χ0) is 7.73. The minimum absolute atomic E-state index is 0.507. The molecule has 1 aliphatic carbocycles. The molecule has 2 aliphatic rings. The molecule has 1 saturated heterocycles. The summed E-state index contributed by atoms with van der Waals surface area (Å²) < 4.78 is 5.69. The molecule has 0 aromatic rings. The lowest BCUT2D eigenvalue weighted by Gasteiger charge is -2.19. The van der Waals surface area contributed by atoms with Gasteiger partial charge in [0.25, 0.3) is 0 Å². The quantitative estimate of drug-likeness (QED) is 0.616. The molecule has 1 atom stereocenters. The highest BCUT2D eigenvalue weighted by molar-refractivity contribution is 9.09.